The Bertz CT molecular complexity index is 1430. The van der Waals surface area contributed by atoms with Crippen LogP contribution < -0.4 is 0 Å². The number of halogens is 1. The maximum absolute atomic E-state index is 14.1. The van der Waals surface area contributed by atoms with Crippen molar-refractivity contribution in [3.8, 4) is 11.6 Å². The van der Waals surface area contributed by atoms with Crippen molar-refractivity contribution in [2.24, 2.45) is 0 Å². The molecule has 0 fully saturated rings. The van der Waals surface area contributed by atoms with Gasteiger partial charge >= 0.3 is 11.8 Å². The molecule has 9 nitrogen and oxygen atoms in total. The van der Waals surface area contributed by atoms with Gasteiger partial charge in [0.1, 0.15) is 11.0 Å². The average molecular weight is 447 g/mol. The molecule has 0 saturated carbocycles. The van der Waals surface area contributed by atoms with Gasteiger partial charge in [0, 0.05) is 24.9 Å². The van der Waals surface area contributed by atoms with Crippen molar-refractivity contribution >= 4 is 27.5 Å². The van der Waals surface area contributed by atoms with Gasteiger partial charge in [-0.15, -0.1) is 21.5 Å². The molecule has 1 aliphatic heterocycles. The van der Waals surface area contributed by atoms with Crippen molar-refractivity contribution in [3.63, 3.8) is 0 Å². The predicted molar refractivity (Wildman–Crippen MR) is 112 cm³/mol. The Balaban J connectivity index is 1.40. The number of fused-ring (bicyclic) bond motifs is 2. The zero-order chi connectivity index (χ0) is 21.7. The van der Waals surface area contributed by atoms with Crippen LogP contribution in [0.3, 0.4) is 0 Å². The number of aromatic amines is 1. The molecule has 32 heavy (non-hydrogen) atoms. The molecule has 0 saturated heterocycles. The van der Waals surface area contributed by atoms with E-state index in [1.807, 2.05) is 24.3 Å². The number of carbonyl (C=O) groups excluding carboxylic acids is 1. The van der Waals surface area contributed by atoms with Gasteiger partial charge in [-0.25, -0.2) is 19.3 Å². The first kappa shape index (κ1) is 18.8. The molecule has 0 unspecified atom stereocenters. The Kier molecular flexibility index (Phi) is 4.28. The number of nitrogens with zero attached hydrogens (tertiary/aromatic N) is 6. The predicted octanol–water partition coefficient (Wildman–Crippen LogP) is 3.39. The van der Waals surface area contributed by atoms with E-state index < -0.39 is 17.8 Å². The minimum Gasteiger partial charge on any atom is -0.411 e. The van der Waals surface area contributed by atoms with Crippen molar-refractivity contribution in [2.45, 2.75) is 12.5 Å². The summed E-state index contributed by atoms with van der Waals surface area (Å²) in [4.78, 5) is 31.3. The number of carbonyl (C=O) groups is 1. The molecule has 5 aromatic rings. The van der Waals surface area contributed by atoms with Crippen LogP contribution in [0.1, 0.15) is 33.1 Å². The maximum atomic E-state index is 14.1. The number of hydrogen-bond acceptors (Lipinski definition) is 8. The van der Waals surface area contributed by atoms with Crippen LogP contribution in [-0.4, -0.2) is 47.5 Å². The van der Waals surface area contributed by atoms with E-state index in [4.69, 9.17) is 9.40 Å². The monoisotopic (exact) mass is 447 g/mol. The normalized spacial score (nSPS) is 15.8. The third-order valence-electron chi connectivity index (χ3n) is 5.30. The minimum atomic E-state index is -0.610. The highest BCUT2D eigenvalue weighted by Crippen LogP contribution is 2.38. The van der Waals surface area contributed by atoms with E-state index in [-0.39, 0.29) is 17.5 Å². The lowest BCUT2D eigenvalue weighted by atomic mass is 10.0. The first-order valence-electron chi connectivity index (χ1n) is 9.82. The maximum Gasteiger partial charge on any atom is 0.312 e. The molecule has 0 aliphatic carbocycles. The number of hydrogen-bond donors (Lipinski definition) is 1. The average Bonchev–Trinajstić information content (AvgIpc) is 3.57. The summed E-state index contributed by atoms with van der Waals surface area (Å²) < 4.78 is 20.6. The zero-order valence-electron chi connectivity index (χ0n) is 16.4. The molecule has 11 heteroatoms. The Hall–Kier alpha value is -3.99. The van der Waals surface area contributed by atoms with Gasteiger partial charge in [-0.1, -0.05) is 12.1 Å². The first-order chi connectivity index (χ1) is 15.7. The topological polar surface area (TPSA) is 114 Å². The number of imidazole rings is 1. The third kappa shape index (κ3) is 2.97. The van der Waals surface area contributed by atoms with Crippen LogP contribution in [0.25, 0.3) is 21.8 Å². The molecule has 1 amide bonds. The van der Waals surface area contributed by atoms with Crippen molar-refractivity contribution in [2.75, 3.05) is 6.54 Å². The fraction of sp³-hybridized carbons (Fsp3) is 0.143. The SMILES string of the molecule is O=C(c1nnc(-c2ncccc2F)o1)N1CCc2[nH]cnc2[C@H]1c1nc2ccccc2s1. The molecular weight excluding hydrogens is 433 g/mol. The molecule has 6 rings (SSSR count). The molecule has 158 valence electrons. The smallest absolute Gasteiger partial charge is 0.312 e. The molecule has 5 heterocycles. The van der Waals surface area contributed by atoms with E-state index >= 15 is 0 Å². The van der Waals surface area contributed by atoms with Crippen LogP contribution >= 0.6 is 11.3 Å². The minimum absolute atomic E-state index is 0.102. The number of aromatic nitrogens is 6. The molecule has 1 aromatic carbocycles. The van der Waals surface area contributed by atoms with E-state index in [1.54, 1.807) is 11.2 Å². The van der Waals surface area contributed by atoms with Gasteiger partial charge in [0.15, 0.2) is 11.5 Å². The molecular formula is C21H14FN7O2S. The van der Waals surface area contributed by atoms with Crippen molar-refractivity contribution < 1.29 is 13.6 Å². The number of para-hydroxylation sites is 1. The third-order valence-corrected chi connectivity index (χ3v) is 6.39. The standard InChI is InChI=1S/C21H14FN7O2S/c22-11-4-3-8-23-15(11)18-27-28-19(31-18)21(30)29-9-7-13-16(25-10-24-13)17(29)20-26-12-5-1-2-6-14(12)32-20/h1-6,8,10,17H,7,9H2,(H,24,25)/t17-/m0/s1. The second-order valence-electron chi connectivity index (χ2n) is 7.18. The quantitative estimate of drug-likeness (QED) is 0.451. The lowest BCUT2D eigenvalue weighted by molar-refractivity contribution is 0.0650. The van der Waals surface area contributed by atoms with Crippen molar-refractivity contribution in [1.29, 1.82) is 0 Å². The number of rotatable bonds is 3. The Morgan fingerprint density at radius 1 is 1.19 bits per heavy atom. The number of thiazole rings is 1. The fourth-order valence-corrected chi connectivity index (χ4v) is 4.91. The number of benzene rings is 1. The lowest BCUT2D eigenvalue weighted by Gasteiger charge is -2.32. The highest BCUT2D eigenvalue weighted by molar-refractivity contribution is 7.18. The number of amides is 1. The van der Waals surface area contributed by atoms with Gasteiger partial charge in [-0.2, -0.15) is 0 Å². The van der Waals surface area contributed by atoms with E-state index in [9.17, 15) is 9.18 Å². The van der Waals surface area contributed by atoms with E-state index in [0.717, 1.165) is 26.6 Å². The summed E-state index contributed by atoms with van der Waals surface area (Å²) in [5, 5.41) is 8.43. The van der Waals surface area contributed by atoms with Crippen LogP contribution in [0.15, 0.2) is 53.3 Å². The second-order valence-corrected chi connectivity index (χ2v) is 8.25. The van der Waals surface area contributed by atoms with Crippen LogP contribution in [0, 0.1) is 5.82 Å². The highest BCUT2D eigenvalue weighted by atomic mass is 32.1. The lowest BCUT2D eigenvalue weighted by Crippen LogP contribution is -2.41. The Morgan fingerprint density at radius 3 is 2.97 bits per heavy atom. The molecule has 1 N–H and O–H groups in total. The summed E-state index contributed by atoms with van der Waals surface area (Å²) in [7, 11) is 0. The van der Waals surface area contributed by atoms with Crippen LogP contribution in [0.5, 0.6) is 0 Å². The van der Waals surface area contributed by atoms with Crippen LogP contribution in [-0.2, 0) is 6.42 Å². The van der Waals surface area contributed by atoms with Gasteiger partial charge in [0.05, 0.1) is 22.2 Å². The largest absolute Gasteiger partial charge is 0.411 e. The molecule has 4 aromatic heterocycles. The zero-order valence-corrected chi connectivity index (χ0v) is 17.2. The number of nitrogens with one attached hydrogen (secondary N) is 1. The van der Waals surface area contributed by atoms with Gasteiger partial charge < -0.3 is 14.3 Å². The van der Waals surface area contributed by atoms with Gasteiger partial charge in [-0.3, -0.25) is 4.79 Å². The summed E-state index contributed by atoms with van der Waals surface area (Å²) in [6, 6.07) is 9.98. The Morgan fingerprint density at radius 2 is 2.09 bits per heavy atom. The Labute approximate surface area is 184 Å². The molecule has 0 radical (unpaired) electrons. The summed E-state index contributed by atoms with van der Waals surface area (Å²) >= 11 is 1.51. The summed E-state index contributed by atoms with van der Waals surface area (Å²) in [6.45, 7) is 0.407. The van der Waals surface area contributed by atoms with Crippen molar-refractivity contribution in [3.05, 3.63) is 77.0 Å². The van der Waals surface area contributed by atoms with Gasteiger partial charge in [0.2, 0.25) is 0 Å². The summed E-state index contributed by atoms with van der Waals surface area (Å²) in [5.41, 5.74) is 2.45. The highest BCUT2D eigenvalue weighted by Gasteiger charge is 2.38. The van der Waals surface area contributed by atoms with Crippen LogP contribution in [0.2, 0.25) is 0 Å². The van der Waals surface area contributed by atoms with Gasteiger partial charge in [-0.05, 0) is 24.3 Å². The molecule has 0 spiro atoms. The van der Waals surface area contributed by atoms with Crippen molar-refractivity contribution in [1.82, 2.24) is 35.0 Å². The van der Waals surface area contributed by atoms with Crippen LogP contribution in [0.4, 0.5) is 4.39 Å². The second kappa shape index (κ2) is 7.31. The summed E-state index contributed by atoms with van der Waals surface area (Å²) in [6.07, 6.45) is 3.63. The summed E-state index contributed by atoms with van der Waals surface area (Å²) in [5.74, 6) is -1.48. The molecule has 0 bridgehead atoms. The molecule has 1 aliphatic rings. The first-order valence-corrected chi connectivity index (χ1v) is 10.6. The van der Waals surface area contributed by atoms with E-state index in [2.05, 4.69) is 25.1 Å². The van der Waals surface area contributed by atoms with E-state index in [1.165, 1.54) is 29.7 Å². The number of H-pyrrole nitrogens is 1. The number of pyridine rings is 1. The van der Waals surface area contributed by atoms with Gasteiger partial charge in [0.25, 0.3) is 5.89 Å². The molecule has 1 atom stereocenters. The van der Waals surface area contributed by atoms with E-state index in [0.29, 0.717) is 13.0 Å². The fourth-order valence-electron chi connectivity index (χ4n) is 3.82.